The monoisotopic (exact) mass is 315 g/mol. The standard InChI is InChI=1S/C17H18ClN3O/c1-22-14-6-4-5-13(10-14)21-17(9-12(11-19)20-21)15-7-2-3-8-16(15)18/h2-8,10,17H,9,11,19H2,1H3. The molecule has 1 aliphatic heterocycles. The van der Waals surface area contributed by atoms with Gasteiger partial charge in [-0.15, -0.1) is 0 Å². The summed E-state index contributed by atoms with van der Waals surface area (Å²) in [6.45, 7) is 0.446. The highest BCUT2D eigenvalue weighted by Crippen LogP contribution is 2.38. The van der Waals surface area contributed by atoms with Crippen molar-refractivity contribution in [3.8, 4) is 5.75 Å². The number of nitrogens with zero attached hydrogens (tertiary/aromatic N) is 2. The van der Waals surface area contributed by atoms with E-state index in [1.165, 1.54) is 0 Å². The Hall–Kier alpha value is -2.04. The van der Waals surface area contributed by atoms with Gasteiger partial charge >= 0.3 is 0 Å². The number of halogens is 1. The molecule has 114 valence electrons. The van der Waals surface area contributed by atoms with E-state index in [9.17, 15) is 0 Å². The molecule has 4 nitrogen and oxygen atoms in total. The average molecular weight is 316 g/mol. The molecule has 1 heterocycles. The number of benzene rings is 2. The second-order valence-electron chi connectivity index (χ2n) is 5.16. The van der Waals surface area contributed by atoms with E-state index in [0.717, 1.165) is 34.2 Å². The molecule has 22 heavy (non-hydrogen) atoms. The van der Waals surface area contributed by atoms with E-state index in [1.807, 2.05) is 53.5 Å². The lowest BCUT2D eigenvalue weighted by atomic mass is 10.0. The van der Waals surface area contributed by atoms with Crippen LogP contribution in [0.3, 0.4) is 0 Å². The van der Waals surface area contributed by atoms with Crippen LogP contribution < -0.4 is 15.5 Å². The Kier molecular flexibility index (Phi) is 4.32. The molecule has 0 saturated heterocycles. The van der Waals surface area contributed by atoms with Crippen LogP contribution in [-0.2, 0) is 0 Å². The van der Waals surface area contributed by atoms with E-state index < -0.39 is 0 Å². The maximum Gasteiger partial charge on any atom is 0.120 e. The van der Waals surface area contributed by atoms with Gasteiger partial charge in [-0.2, -0.15) is 5.10 Å². The summed E-state index contributed by atoms with van der Waals surface area (Å²) in [7, 11) is 1.66. The largest absolute Gasteiger partial charge is 0.497 e. The second-order valence-corrected chi connectivity index (χ2v) is 5.57. The Bertz CT molecular complexity index is 702. The van der Waals surface area contributed by atoms with Crippen LogP contribution in [0, 0.1) is 0 Å². The van der Waals surface area contributed by atoms with Gasteiger partial charge in [0.1, 0.15) is 5.75 Å². The lowest BCUT2D eigenvalue weighted by Crippen LogP contribution is -2.19. The summed E-state index contributed by atoms with van der Waals surface area (Å²) in [6.07, 6.45) is 0.775. The molecule has 0 aromatic heterocycles. The predicted octanol–water partition coefficient (Wildman–Crippen LogP) is 3.61. The summed E-state index contributed by atoms with van der Waals surface area (Å²) < 4.78 is 5.31. The molecule has 1 atom stereocenters. The van der Waals surface area contributed by atoms with Gasteiger partial charge < -0.3 is 10.5 Å². The van der Waals surface area contributed by atoms with Crippen molar-refractivity contribution in [1.29, 1.82) is 0 Å². The Balaban J connectivity index is 2.01. The van der Waals surface area contributed by atoms with E-state index in [4.69, 9.17) is 22.1 Å². The molecule has 0 amide bonds. The van der Waals surface area contributed by atoms with Gasteiger partial charge in [-0.25, -0.2) is 0 Å². The molecule has 2 N–H and O–H groups in total. The number of anilines is 1. The summed E-state index contributed by atoms with van der Waals surface area (Å²) in [6, 6.07) is 15.8. The minimum absolute atomic E-state index is 0.0550. The van der Waals surface area contributed by atoms with Crippen molar-refractivity contribution in [1.82, 2.24) is 0 Å². The number of nitrogens with two attached hydrogens (primary N) is 1. The van der Waals surface area contributed by atoms with Crippen molar-refractivity contribution in [2.45, 2.75) is 12.5 Å². The van der Waals surface area contributed by atoms with Crippen molar-refractivity contribution in [2.75, 3.05) is 18.7 Å². The SMILES string of the molecule is COc1cccc(N2N=C(CN)CC2c2ccccc2Cl)c1. The van der Waals surface area contributed by atoms with Crippen molar-refractivity contribution in [2.24, 2.45) is 10.8 Å². The van der Waals surface area contributed by atoms with Gasteiger partial charge in [0.05, 0.1) is 24.6 Å². The molecule has 0 radical (unpaired) electrons. The minimum Gasteiger partial charge on any atom is -0.497 e. The first-order chi connectivity index (χ1) is 10.7. The van der Waals surface area contributed by atoms with Crippen molar-refractivity contribution in [3.05, 3.63) is 59.1 Å². The highest BCUT2D eigenvalue weighted by atomic mass is 35.5. The van der Waals surface area contributed by atoms with Gasteiger partial charge in [-0.3, -0.25) is 5.01 Å². The molecule has 2 aromatic rings. The average Bonchev–Trinajstić information content (AvgIpc) is 2.99. The van der Waals surface area contributed by atoms with Gasteiger partial charge in [0.2, 0.25) is 0 Å². The van der Waals surface area contributed by atoms with Crippen LogP contribution in [0.25, 0.3) is 0 Å². The molecule has 1 aliphatic rings. The summed E-state index contributed by atoms with van der Waals surface area (Å²) in [5.74, 6) is 0.798. The van der Waals surface area contributed by atoms with Crippen LogP contribution in [0.15, 0.2) is 53.6 Å². The summed E-state index contributed by atoms with van der Waals surface area (Å²) in [5, 5.41) is 7.38. The third-order valence-corrected chi connectivity index (χ3v) is 4.14. The highest BCUT2D eigenvalue weighted by Gasteiger charge is 2.30. The number of rotatable bonds is 4. The number of methoxy groups -OCH3 is 1. The summed E-state index contributed by atoms with van der Waals surface area (Å²) in [5.41, 5.74) is 8.78. The van der Waals surface area contributed by atoms with Crippen LogP contribution in [0.1, 0.15) is 18.0 Å². The molecule has 2 aromatic carbocycles. The van der Waals surface area contributed by atoms with Gasteiger partial charge in [-0.1, -0.05) is 35.9 Å². The molecule has 3 rings (SSSR count). The zero-order chi connectivity index (χ0) is 15.5. The van der Waals surface area contributed by atoms with Crippen LogP contribution in [0.4, 0.5) is 5.69 Å². The number of hydrogen-bond acceptors (Lipinski definition) is 4. The minimum atomic E-state index is 0.0550. The van der Waals surface area contributed by atoms with Crippen molar-refractivity contribution in [3.63, 3.8) is 0 Å². The fourth-order valence-corrected chi connectivity index (χ4v) is 2.94. The van der Waals surface area contributed by atoms with Gasteiger partial charge in [-0.05, 0) is 23.8 Å². The number of ether oxygens (including phenoxy) is 1. The number of hydrogen-bond donors (Lipinski definition) is 1. The first kappa shape index (κ1) is 14.9. The number of hydrazone groups is 1. The first-order valence-electron chi connectivity index (χ1n) is 7.17. The van der Waals surface area contributed by atoms with Crippen LogP contribution >= 0.6 is 11.6 Å². The lowest BCUT2D eigenvalue weighted by molar-refractivity contribution is 0.414. The lowest BCUT2D eigenvalue weighted by Gasteiger charge is -2.25. The molecule has 0 aliphatic carbocycles. The van der Waals surface area contributed by atoms with E-state index in [2.05, 4.69) is 5.10 Å². The van der Waals surface area contributed by atoms with E-state index >= 15 is 0 Å². The molecular weight excluding hydrogens is 298 g/mol. The second kappa shape index (κ2) is 6.38. The smallest absolute Gasteiger partial charge is 0.120 e. The Labute approximate surface area is 135 Å². The zero-order valence-corrected chi connectivity index (χ0v) is 13.1. The normalized spacial score (nSPS) is 17.5. The van der Waals surface area contributed by atoms with Gasteiger partial charge in [0.15, 0.2) is 0 Å². The Morgan fingerprint density at radius 2 is 2.09 bits per heavy atom. The molecular formula is C17H18ClN3O. The molecule has 0 bridgehead atoms. The highest BCUT2D eigenvalue weighted by molar-refractivity contribution is 6.31. The quantitative estimate of drug-likeness (QED) is 0.937. The molecule has 5 heteroatoms. The third-order valence-electron chi connectivity index (χ3n) is 3.79. The third kappa shape index (κ3) is 2.80. The van der Waals surface area contributed by atoms with Crippen LogP contribution in [0.5, 0.6) is 5.75 Å². The van der Waals surface area contributed by atoms with E-state index in [0.29, 0.717) is 6.54 Å². The van der Waals surface area contributed by atoms with Gasteiger partial charge in [0, 0.05) is 24.1 Å². The van der Waals surface area contributed by atoms with Crippen LogP contribution in [0.2, 0.25) is 5.02 Å². The molecule has 1 unspecified atom stereocenters. The Morgan fingerprint density at radius 1 is 1.27 bits per heavy atom. The molecule has 0 fully saturated rings. The fraction of sp³-hybridized carbons (Fsp3) is 0.235. The Morgan fingerprint density at radius 3 is 2.82 bits per heavy atom. The zero-order valence-electron chi connectivity index (χ0n) is 12.4. The van der Waals surface area contributed by atoms with E-state index in [-0.39, 0.29) is 6.04 Å². The topological polar surface area (TPSA) is 50.8 Å². The molecule has 0 saturated carbocycles. The first-order valence-corrected chi connectivity index (χ1v) is 7.55. The fourth-order valence-electron chi connectivity index (χ4n) is 2.67. The van der Waals surface area contributed by atoms with Crippen LogP contribution in [-0.4, -0.2) is 19.4 Å². The predicted molar refractivity (Wildman–Crippen MR) is 90.8 cm³/mol. The molecule has 0 spiro atoms. The maximum absolute atomic E-state index is 6.37. The summed E-state index contributed by atoms with van der Waals surface area (Å²) >= 11 is 6.37. The van der Waals surface area contributed by atoms with Crippen molar-refractivity contribution < 1.29 is 4.74 Å². The van der Waals surface area contributed by atoms with E-state index in [1.54, 1.807) is 7.11 Å². The summed E-state index contributed by atoms with van der Waals surface area (Å²) in [4.78, 5) is 0. The maximum atomic E-state index is 6.37. The van der Waals surface area contributed by atoms with Crippen molar-refractivity contribution >= 4 is 23.0 Å². The van der Waals surface area contributed by atoms with Gasteiger partial charge in [0.25, 0.3) is 0 Å².